The monoisotopic (exact) mass is 497 g/mol. The molecule has 2 aromatic heterocycles. The highest BCUT2D eigenvalue weighted by molar-refractivity contribution is 6.35. The number of nitriles is 1. The van der Waals surface area contributed by atoms with Crippen molar-refractivity contribution in [1.82, 2.24) is 24.6 Å². The number of anilines is 1. The zero-order valence-corrected chi connectivity index (χ0v) is 21.1. The van der Waals surface area contributed by atoms with E-state index in [0.29, 0.717) is 33.2 Å². The lowest BCUT2D eigenvalue weighted by Crippen LogP contribution is -2.51. The standard InChI is InChI=1S/C25H29Cl2N7/c1-16-15-33(11-8-22(16)32-9-4-3-5-10-32)23-14-29-24-21(13-28)31-34(25(24)30-23)17(2)19-7-6-18(26)12-20(19)27/h6-7,12,14,16-17,22H,3-5,8-11,15H2,1-2H3. The summed E-state index contributed by atoms with van der Waals surface area (Å²) in [4.78, 5) is 14.6. The van der Waals surface area contributed by atoms with E-state index >= 15 is 0 Å². The molecule has 9 heteroatoms. The maximum Gasteiger partial charge on any atom is 0.190 e. The Balaban J connectivity index is 1.44. The Labute approximate surface area is 210 Å². The second kappa shape index (κ2) is 9.69. The van der Waals surface area contributed by atoms with Gasteiger partial charge in [-0.1, -0.05) is 42.6 Å². The molecule has 178 valence electrons. The molecule has 5 rings (SSSR count). The Kier molecular flexibility index (Phi) is 6.65. The highest BCUT2D eigenvalue weighted by atomic mass is 35.5. The van der Waals surface area contributed by atoms with Gasteiger partial charge in [-0.15, -0.1) is 0 Å². The van der Waals surface area contributed by atoms with Gasteiger partial charge in [-0.3, -0.25) is 4.90 Å². The van der Waals surface area contributed by atoms with Gasteiger partial charge >= 0.3 is 0 Å². The van der Waals surface area contributed by atoms with Crippen molar-refractivity contribution in [3.63, 3.8) is 0 Å². The van der Waals surface area contributed by atoms with Crippen LogP contribution in [0.2, 0.25) is 10.0 Å². The van der Waals surface area contributed by atoms with Gasteiger partial charge < -0.3 is 4.90 Å². The van der Waals surface area contributed by atoms with Gasteiger partial charge in [-0.2, -0.15) is 10.4 Å². The van der Waals surface area contributed by atoms with Crippen LogP contribution in [0.3, 0.4) is 0 Å². The molecule has 0 amide bonds. The van der Waals surface area contributed by atoms with Crippen LogP contribution in [0.5, 0.6) is 0 Å². The van der Waals surface area contributed by atoms with Gasteiger partial charge in [0.25, 0.3) is 0 Å². The molecular formula is C25H29Cl2N7. The summed E-state index contributed by atoms with van der Waals surface area (Å²) in [5.41, 5.74) is 2.24. The minimum Gasteiger partial charge on any atom is -0.355 e. The summed E-state index contributed by atoms with van der Waals surface area (Å²) in [6, 6.07) is 7.98. The summed E-state index contributed by atoms with van der Waals surface area (Å²) in [7, 11) is 0. The molecule has 0 N–H and O–H groups in total. The number of fused-ring (bicyclic) bond motifs is 1. The number of halogens is 2. The third-order valence-corrected chi connectivity index (χ3v) is 7.88. The zero-order valence-electron chi connectivity index (χ0n) is 19.6. The van der Waals surface area contributed by atoms with Crippen LogP contribution >= 0.6 is 23.2 Å². The molecule has 0 saturated carbocycles. The predicted octanol–water partition coefficient (Wildman–Crippen LogP) is 5.31. The molecule has 2 saturated heterocycles. The van der Waals surface area contributed by atoms with Gasteiger partial charge in [0.05, 0.1) is 12.2 Å². The number of nitrogens with zero attached hydrogens (tertiary/aromatic N) is 7. The minimum atomic E-state index is -0.234. The van der Waals surface area contributed by atoms with Crippen LogP contribution in [-0.2, 0) is 0 Å². The lowest BCUT2D eigenvalue weighted by Gasteiger charge is -2.44. The van der Waals surface area contributed by atoms with E-state index in [9.17, 15) is 5.26 Å². The van der Waals surface area contributed by atoms with E-state index < -0.39 is 0 Å². The topological polar surface area (TPSA) is 73.9 Å². The normalized spacial score (nSPS) is 22.6. The first-order valence-corrected chi connectivity index (χ1v) is 12.8. The maximum absolute atomic E-state index is 9.65. The quantitative estimate of drug-likeness (QED) is 0.485. The smallest absolute Gasteiger partial charge is 0.190 e. The van der Waals surface area contributed by atoms with Crippen LogP contribution in [0, 0.1) is 17.2 Å². The van der Waals surface area contributed by atoms with E-state index in [1.165, 1.54) is 32.4 Å². The fraction of sp³-hybridized carbons (Fsp3) is 0.520. The first-order chi connectivity index (χ1) is 16.5. The van der Waals surface area contributed by atoms with Crippen LogP contribution in [0.1, 0.15) is 56.8 Å². The maximum atomic E-state index is 9.65. The Morgan fingerprint density at radius 1 is 1.15 bits per heavy atom. The summed E-state index contributed by atoms with van der Waals surface area (Å²) >= 11 is 12.6. The fourth-order valence-corrected chi connectivity index (χ4v) is 6.07. The van der Waals surface area contributed by atoms with E-state index in [0.717, 1.165) is 30.9 Å². The molecule has 7 nitrogen and oxygen atoms in total. The van der Waals surface area contributed by atoms with E-state index in [1.54, 1.807) is 23.0 Å². The van der Waals surface area contributed by atoms with E-state index in [4.69, 9.17) is 28.2 Å². The van der Waals surface area contributed by atoms with Crippen LogP contribution in [-0.4, -0.2) is 56.9 Å². The van der Waals surface area contributed by atoms with Gasteiger partial charge in [0, 0.05) is 29.2 Å². The molecule has 3 atom stereocenters. The molecule has 4 heterocycles. The SMILES string of the molecule is CC1CN(c2cnc3c(C#N)nn(C(C)c4ccc(Cl)cc4Cl)c3n2)CCC1N1CCCCC1. The largest absolute Gasteiger partial charge is 0.355 e. The molecule has 1 aromatic carbocycles. The molecule has 3 aromatic rings. The summed E-state index contributed by atoms with van der Waals surface area (Å²) in [5, 5.41) is 15.3. The summed E-state index contributed by atoms with van der Waals surface area (Å²) < 4.78 is 1.75. The molecule has 2 fully saturated rings. The molecular weight excluding hydrogens is 469 g/mol. The average Bonchev–Trinajstić information content (AvgIpc) is 3.22. The molecule has 2 aliphatic heterocycles. The third-order valence-electron chi connectivity index (χ3n) is 7.32. The number of hydrogen-bond donors (Lipinski definition) is 0. The lowest BCUT2D eigenvalue weighted by molar-refractivity contribution is 0.106. The molecule has 0 bridgehead atoms. The number of rotatable bonds is 4. The Morgan fingerprint density at radius 2 is 1.94 bits per heavy atom. The van der Waals surface area contributed by atoms with Crippen LogP contribution in [0.15, 0.2) is 24.4 Å². The molecule has 0 spiro atoms. The first-order valence-electron chi connectivity index (χ1n) is 12.1. The second-order valence-corrected chi connectivity index (χ2v) is 10.4. The number of likely N-dealkylation sites (tertiary alicyclic amines) is 1. The Hall–Kier alpha value is -2.40. The molecule has 3 unspecified atom stereocenters. The Bertz CT molecular complexity index is 1230. The second-order valence-electron chi connectivity index (χ2n) is 9.52. The highest BCUT2D eigenvalue weighted by Gasteiger charge is 2.32. The van der Waals surface area contributed by atoms with Crippen molar-refractivity contribution in [3.8, 4) is 6.07 Å². The van der Waals surface area contributed by atoms with Crippen molar-refractivity contribution in [3.05, 3.63) is 45.7 Å². The molecule has 0 aliphatic carbocycles. The van der Waals surface area contributed by atoms with Crippen molar-refractivity contribution in [2.24, 2.45) is 5.92 Å². The first kappa shape index (κ1) is 23.3. The van der Waals surface area contributed by atoms with Crippen LogP contribution in [0.25, 0.3) is 11.2 Å². The van der Waals surface area contributed by atoms with Crippen molar-refractivity contribution in [1.29, 1.82) is 5.26 Å². The van der Waals surface area contributed by atoms with Crippen molar-refractivity contribution < 1.29 is 0 Å². The Morgan fingerprint density at radius 3 is 2.65 bits per heavy atom. The van der Waals surface area contributed by atoms with Gasteiger partial charge in [0.2, 0.25) is 0 Å². The van der Waals surface area contributed by atoms with Gasteiger partial charge in [0.1, 0.15) is 17.4 Å². The summed E-state index contributed by atoms with van der Waals surface area (Å²) in [6.45, 7) is 8.68. The number of hydrogen-bond acceptors (Lipinski definition) is 6. The van der Waals surface area contributed by atoms with Crippen LogP contribution in [0.4, 0.5) is 5.82 Å². The molecule has 2 aliphatic rings. The number of benzene rings is 1. The molecule has 34 heavy (non-hydrogen) atoms. The van der Waals surface area contributed by atoms with E-state index in [-0.39, 0.29) is 11.7 Å². The van der Waals surface area contributed by atoms with E-state index in [2.05, 4.69) is 32.9 Å². The number of piperidine rings is 2. The van der Waals surface area contributed by atoms with Crippen molar-refractivity contribution >= 4 is 40.2 Å². The van der Waals surface area contributed by atoms with E-state index in [1.807, 2.05) is 13.0 Å². The lowest BCUT2D eigenvalue weighted by atomic mass is 9.91. The minimum absolute atomic E-state index is 0.234. The fourth-order valence-electron chi connectivity index (χ4n) is 5.50. The van der Waals surface area contributed by atoms with Crippen molar-refractivity contribution in [2.75, 3.05) is 31.1 Å². The van der Waals surface area contributed by atoms with Crippen LogP contribution < -0.4 is 4.90 Å². The zero-order chi connectivity index (χ0) is 23.8. The van der Waals surface area contributed by atoms with Gasteiger partial charge in [-0.05, 0) is 62.9 Å². The summed E-state index contributed by atoms with van der Waals surface area (Å²) in [5.74, 6) is 1.38. The third kappa shape index (κ3) is 4.35. The summed E-state index contributed by atoms with van der Waals surface area (Å²) in [6.07, 6.45) is 6.90. The average molecular weight is 498 g/mol. The van der Waals surface area contributed by atoms with Gasteiger partial charge in [-0.25, -0.2) is 14.6 Å². The van der Waals surface area contributed by atoms with Gasteiger partial charge in [0.15, 0.2) is 11.3 Å². The highest BCUT2D eigenvalue weighted by Crippen LogP contribution is 2.32. The number of aromatic nitrogens is 4. The van der Waals surface area contributed by atoms with Crippen molar-refractivity contribution in [2.45, 2.75) is 51.6 Å². The predicted molar refractivity (Wildman–Crippen MR) is 136 cm³/mol. The molecule has 0 radical (unpaired) electrons.